The maximum absolute atomic E-state index is 13.3. The fourth-order valence-corrected chi connectivity index (χ4v) is 1.32. The van der Waals surface area contributed by atoms with Crippen LogP contribution in [0.2, 0.25) is 0 Å². The number of halogens is 5. The molecule has 0 radical (unpaired) electrons. The Hall–Kier alpha value is -2.25. The molecule has 1 aromatic heterocycles. The molecule has 0 N–H and O–H groups in total. The van der Waals surface area contributed by atoms with Crippen molar-refractivity contribution in [3.05, 3.63) is 47.0 Å². The number of aromatic nitrogens is 2. The van der Waals surface area contributed by atoms with E-state index in [1.807, 2.05) is 0 Å². The first-order valence-corrected chi connectivity index (χ1v) is 4.50. The Morgan fingerprint density at radius 2 is 1.44 bits per heavy atom. The zero-order valence-electron chi connectivity index (χ0n) is 8.42. The number of nitrogens with zero attached hydrogens (tertiary/aromatic N) is 2. The topological polar surface area (TPSA) is 34.9 Å². The second-order valence-corrected chi connectivity index (χ2v) is 3.22. The van der Waals surface area contributed by atoms with Crippen LogP contribution < -0.4 is 0 Å². The summed E-state index contributed by atoms with van der Waals surface area (Å²) >= 11 is 0. The van der Waals surface area contributed by atoms with E-state index in [0.717, 1.165) is 12.3 Å². The molecule has 0 amide bonds. The van der Waals surface area contributed by atoms with E-state index >= 15 is 0 Å². The molecule has 0 aliphatic rings. The highest BCUT2D eigenvalue weighted by atomic mass is 19.2. The number of benzene rings is 1. The van der Waals surface area contributed by atoms with Gasteiger partial charge in [0.25, 0.3) is 0 Å². The maximum Gasteiger partial charge on any atom is 0.200 e. The van der Waals surface area contributed by atoms with Gasteiger partial charge in [-0.3, -0.25) is 4.79 Å². The molecule has 1 heterocycles. The molecule has 0 saturated heterocycles. The van der Waals surface area contributed by atoms with Gasteiger partial charge < -0.3 is 0 Å². The Morgan fingerprint density at radius 3 is 1.89 bits per heavy atom. The molecule has 0 aliphatic heterocycles. The van der Waals surface area contributed by atoms with Crippen molar-refractivity contribution in [2.24, 2.45) is 0 Å². The summed E-state index contributed by atoms with van der Waals surface area (Å²) in [5, 5.41) is 3.35. The fraction of sp³-hybridized carbons (Fsp3) is 0. The van der Waals surface area contributed by atoms with Crippen LogP contribution in [0.4, 0.5) is 22.0 Å². The van der Waals surface area contributed by atoms with Gasteiger partial charge in [0, 0.05) is 6.20 Å². The SMILES string of the molecule is O=Cc1ccn(-c2c(F)c(F)c(F)c(F)c2F)n1. The summed E-state index contributed by atoms with van der Waals surface area (Å²) in [6, 6.07) is 1.06. The molecule has 0 fully saturated rings. The Balaban J connectivity index is 2.75. The zero-order valence-corrected chi connectivity index (χ0v) is 8.42. The van der Waals surface area contributed by atoms with E-state index in [0.29, 0.717) is 4.68 Å². The number of hydrogen-bond acceptors (Lipinski definition) is 2. The van der Waals surface area contributed by atoms with Crippen molar-refractivity contribution in [3.63, 3.8) is 0 Å². The highest BCUT2D eigenvalue weighted by Gasteiger charge is 2.27. The molecule has 0 unspecified atom stereocenters. The highest BCUT2D eigenvalue weighted by Crippen LogP contribution is 2.25. The number of carbonyl (C=O) groups excluding carboxylic acids is 1. The van der Waals surface area contributed by atoms with Crippen LogP contribution in [0, 0.1) is 29.1 Å². The standard InChI is InChI=1S/C10H3F5N2O/c11-5-6(12)8(14)10(9(15)7(5)13)17-2-1-4(3-18)16-17/h1-3H. The van der Waals surface area contributed by atoms with Crippen molar-refractivity contribution < 1.29 is 26.7 Å². The Labute approximate surface area is 96.4 Å². The van der Waals surface area contributed by atoms with Gasteiger partial charge in [-0.2, -0.15) is 5.10 Å². The molecule has 94 valence electrons. The van der Waals surface area contributed by atoms with E-state index < -0.39 is 34.8 Å². The Kier molecular flexibility index (Phi) is 2.85. The molecule has 0 aliphatic carbocycles. The van der Waals surface area contributed by atoms with Crippen LogP contribution >= 0.6 is 0 Å². The first-order valence-electron chi connectivity index (χ1n) is 4.50. The normalized spacial score (nSPS) is 10.7. The molecule has 0 spiro atoms. The van der Waals surface area contributed by atoms with Crippen LogP contribution in [0.15, 0.2) is 12.3 Å². The first kappa shape index (κ1) is 12.2. The highest BCUT2D eigenvalue weighted by molar-refractivity contribution is 5.71. The molecule has 18 heavy (non-hydrogen) atoms. The lowest BCUT2D eigenvalue weighted by atomic mass is 10.2. The van der Waals surface area contributed by atoms with E-state index in [9.17, 15) is 26.7 Å². The average molecular weight is 262 g/mol. The van der Waals surface area contributed by atoms with E-state index in [4.69, 9.17) is 0 Å². The van der Waals surface area contributed by atoms with Gasteiger partial charge in [-0.1, -0.05) is 0 Å². The summed E-state index contributed by atoms with van der Waals surface area (Å²) in [4.78, 5) is 10.3. The predicted octanol–water partition coefficient (Wildman–Crippen LogP) is 2.38. The monoisotopic (exact) mass is 262 g/mol. The number of hydrogen-bond donors (Lipinski definition) is 0. The van der Waals surface area contributed by atoms with Crippen LogP contribution in [0.1, 0.15) is 10.5 Å². The van der Waals surface area contributed by atoms with Crippen LogP contribution in [-0.4, -0.2) is 16.1 Å². The Morgan fingerprint density at radius 1 is 0.944 bits per heavy atom. The fourth-order valence-electron chi connectivity index (χ4n) is 1.32. The number of rotatable bonds is 2. The second-order valence-electron chi connectivity index (χ2n) is 3.22. The molecule has 0 atom stereocenters. The minimum atomic E-state index is -2.25. The summed E-state index contributed by atoms with van der Waals surface area (Å²) in [5.74, 6) is -10.4. The van der Waals surface area contributed by atoms with Gasteiger partial charge in [0.05, 0.1) is 0 Å². The summed E-state index contributed by atoms with van der Waals surface area (Å²) in [6.45, 7) is 0. The Bertz CT molecular complexity index is 608. The third kappa shape index (κ3) is 1.66. The third-order valence-corrected chi connectivity index (χ3v) is 2.15. The van der Waals surface area contributed by atoms with Gasteiger partial charge in [-0.15, -0.1) is 0 Å². The summed E-state index contributed by atoms with van der Waals surface area (Å²) in [6.07, 6.45) is 1.17. The van der Waals surface area contributed by atoms with E-state index in [1.54, 1.807) is 0 Å². The average Bonchev–Trinajstić information content (AvgIpc) is 2.83. The molecule has 2 aromatic rings. The van der Waals surface area contributed by atoms with E-state index in [1.165, 1.54) is 0 Å². The van der Waals surface area contributed by atoms with Crippen molar-refractivity contribution >= 4 is 6.29 Å². The molecule has 0 saturated carbocycles. The van der Waals surface area contributed by atoms with Crippen LogP contribution in [-0.2, 0) is 0 Å². The lowest BCUT2D eigenvalue weighted by Crippen LogP contribution is -2.10. The summed E-state index contributed by atoms with van der Waals surface area (Å²) in [5.41, 5.74) is -1.45. The molecule has 8 heteroatoms. The molecule has 3 nitrogen and oxygen atoms in total. The zero-order chi connectivity index (χ0) is 13.4. The molecular formula is C10H3F5N2O. The van der Waals surface area contributed by atoms with Crippen LogP contribution in [0.5, 0.6) is 0 Å². The van der Waals surface area contributed by atoms with Crippen molar-refractivity contribution in [2.45, 2.75) is 0 Å². The van der Waals surface area contributed by atoms with Crippen LogP contribution in [0.3, 0.4) is 0 Å². The van der Waals surface area contributed by atoms with Crippen molar-refractivity contribution in [1.29, 1.82) is 0 Å². The lowest BCUT2D eigenvalue weighted by Gasteiger charge is -2.07. The number of aldehydes is 1. The van der Waals surface area contributed by atoms with Crippen LogP contribution in [0.25, 0.3) is 5.69 Å². The van der Waals surface area contributed by atoms with Gasteiger partial charge in [-0.05, 0) is 6.07 Å². The maximum atomic E-state index is 13.3. The van der Waals surface area contributed by atoms with Gasteiger partial charge in [0.2, 0.25) is 5.82 Å². The van der Waals surface area contributed by atoms with Gasteiger partial charge in [0.15, 0.2) is 29.6 Å². The predicted molar refractivity (Wildman–Crippen MR) is 48.7 cm³/mol. The van der Waals surface area contributed by atoms with Gasteiger partial charge >= 0.3 is 0 Å². The smallest absolute Gasteiger partial charge is 0.200 e. The minimum Gasteiger partial charge on any atom is -0.296 e. The number of carbonyl (C=O) groups is 1. The molecular weight excluding hydrogens is 259 g/mol. The first-order chi connectivity index (χ1) is 8.47. The van der Waals surface area contributed by atoms with Crippen molar-refractivity contribution in [3.8, 4) is 5.69 Å². The summed E-state index contributed by atoms with van der Waals surface area (Å²) in [7, 11) is 0. The minimum absolute atomic E-state index is 0.209. The molecule has 2 rings (SSSR count). The largest absolute Gasteiger partial charge is 0.296 e. The second kappa shape index (κ2) is 4.21. The summed E-state index contributed by atoms with van der Waals surface area (Å²) < 4.78 is 65.6. The van der Waals surface area contributed by atoms with Gasteiger partial charge in [0.1, 0.15) is 11.4 Å². The van der Waals surface area contributed by atoms with Crippen molar-refractivity contribution in [1.82, 2.24) is 9.78 Å². The third-order valence-electron chi connectivity index (χ3n) is 2.15. The molecule has 1 aromatic carbocycles. The quantitative estimate of drug-likeness (QED) is 0.360. The molecule has 0 bridgehead atoms. The van der Waals surface area contributed by atoms with Crippen molar-refractivity contribution in [2.75, 3.05) is 0 Å². The van der Waals surface area contributed by atoms with E-state index in [-0.39, 0.29) is 12.0 Å². The van der Waals surface area contributed by atoms with E-state index in [2.05, 4.69) is 5.10 Å². The lowest BCUT2D eigenvalue weighted by molar-refractivity contribution is 0.111. The van der Waals surface area contributed by atoms with Gasteiger partial charge in [-0.25, -0.2) is 26.6 Å².